The van der Waals surface area contributed by atoms with Gasteiger partial charge in [-0.25, -0.2) is 0 Å². The van der Waals surface area contributed by atoms with Crippen LogP contribution in [0, 0.1) is 0 Å². The van der Waals surface area contributed by atoms with Crippen LogP contribution in [0.15, 0.2) is 23.6 Å². The lowest BCUT2D eigenvalue weighted by Gasteiger charge is -1.90. The smallest absolute Gasteiger partial charge is 0.255 e. The molecule has 0 aromatic heterocycles. The van der Waals surface area contributed by atoms with Crippen LogP contribution in [-0.4, -0.2) is 11.0 Å². The van der Waals surface area contributed by atoms with E-state index in [2.05, 4.69) is 11.9 Å². The highest BCUT2D eigenvalue weighted by Gasteiger charge is 2.20. The zero-order valence-electron chi connectivity index (χ0n) is 5.06. The monoisotopic (exact) mass is 125 g/mol. The average molecular weight is 125 g/mol. The molecule has 0 aliphatic carbocycles. The minimum absolute atomic E-state index is 0.0278. The van der Waals surface area contributed by atoms with Crippen molar-refractivity contribution in [3.63, 3.8) is 0 Å². The first kappa shape index (κ1) is 5.88. The van der Waals surface area contributed by atoms with Crippen molar-refractivity contribution in [2.75, 3.05) is 0 Å². The molecule has 2 N–H and O–H groups in total. The molecule has 0 aromatic rings. The van der Waals surface area contributed by atoms with Gasteiger partial charge in [-0.2, -0.15) is 0 Å². The van der Waals surface area contributed by atoms with E-state index in [1.54, 1.807) is 6.92 Å². The Hall–Kier alpha value is -1.25. The summed E-state index contributed by atoms with van der Waals surface area (Å²) in [5.74, 6) is -0.294. The van der Waals surface area contributed by atoms with E-state index in [0.29, 0.717) is 5.57 Å². The average Bonchev–Trinajstić information content (AvgIpc) is 1.98. The van der Waals surface area contributed by atoms with Gasteiger partial charge in [-0.1, -0.05) is 6.58 Å². The lowest BCUT2D eigenvalue weighted by Crippen LogP contribution is -2.14. The van der Waals surface area contributed by atoms with Crippen molar-refractivity contribution in [3.8, 4) is 0 Å². The van der Waals surface area contributed by atoms with E-state index in [0.717, 1.165) is 0 Å². The van der Waals surface area contributed by atoms with Crippen LogP contribution in [0.1, 0.15) is 6.92 Å². The predicted octanol–water partition coefficient (Wildman–Crippen LogP) is 0.462. The lowest BCUT2D eigenvalue weighted by atomic mass is 10.3. The fourth-order valence-electron chi connectivity index (χ4n) is 0.624. The number of carbonyl (C=O) groups excluding carboxylic acids is 1. The van der Waals surface area contributed by atoms with Crippen LogP contribution in [0.25, 0.3) is 0 Å². The summed E-state index contributed by atoms with van der Waals surface area (Å²) in [7, 11) is 0. The SMILES string of the molecule is C=C1NC(=O)C(C)=C1O. The molecule has 0 saturated carbocycles. The third kappa shape index (κ3) is 0.700. The minimum Gasteiger partial charge on any atom is -0.505 e. The molecule has 0 fully saturated rings. The van der Waals surface area contributed by atoms with Crippen molar-refractivity contribution in [1.29, 1.82) is 0 Å². The van der Waals surface area contributed by atoms with Gasteiger partial charge in [0.2, 0.25) is 0 Å². The predicted molar refractivity (Wildman–Crippen MR) is 32.6 cm³/mol. The molecule has 48 valence electrons. The highest BCUT2D eigenvalue weighted by Crippen LogP contribution is 2.14. The second-order valence-corrected chi connectivity index (χ2v) is 1.91. The first-order chi connectivity index (χ1) is 4.13. The fraction of sp³-hybridized carbons (Fsp3) is 0.167. The summed E-state index contributed by atoms with van der Waals surface area (Å²) >= 11 is 0. The van der Waals surface area contributed by atoms with Crippen LogP contribution in [0.4, 0.5) is 0 Å². The number of nitrogens with one attached hydrogen (secondary N) is 1. The molecule has 0 aromatic carbocycles. The Labute approximate surface area is 52.7 Å². The van der Waals surface area contributed by atoms with Gasteiger partial charge in [0.25, 0.3) is 5.91 Å². The van der Waals surface area contributed by atoms with Crippen LogP contribution in [0.3, 0.4) is 0 Å². The van der Waals surface area contributed by atoms with Crippen molar-refractivity contribution < 1.29 is 9.90 Å². The van der Waals surface area contributed by atoms with Crippen molar-refractivity contribution in [1.82, 2.24) is 5.32 Å². The van der Waals surface area contributed by atoms with Crippen molar-refractivity contribution >= 4 is 5.91 Å². The molecular formula is C6H7NO2. The first-order valence-corrected chi connectivity index (χ1v) is 2.53. The maximum Gasteiger partial charge on any atom is 0.255 e. The Kier molecular flexibility index (Phi) is 1.06. The van der Waals surface area contributed by atoms with Crippen LogP contribution >= 0.6 is 0 Å². The van der Waals surface area contributed by atoms with Crippen LogP contribution in [-0.2, 0) is 4.79 Å². The van der Waals surface area contributed by atoms with Gasteiger partial charge in [0.1, 0.15) is 5.76 Å². The van der Waals surface area contributed by atoms with E-state index in [1.807, 2.05) is 0 Å². The molecule has 1 aliphatic rings. The summed E-state index contributed by atoms with van der Waals surface area (Å²) < 4.78 is 0. The third-order valence-corrected chi connectivity index (χ3v) is 1.25. The zero-order valence-corrected chi connectivity index (χ0v) is 5.06. The van der Waals surface area contributed by atoms with Gasteiger partial charge < -0.3 is 10.4 Å². The van der Waals surface area contributed by atoms with Gasteiger partial charge >= 0.3 is 0 Å². The molecule has 0 unspecified atom stereocenters. The maximum atomic E-state index is 10.6. The molecule has 0 radical (unpaired) electrons. The van der Waals surface area contributed by atoms with E-state index in [1.165, 1.54) is 0 Å². The highest BCUT2D eigenvalue weighted by molar-refractivity contribution is 5.98. The summed E-state index contributed by atoms with van der Waals surface area (Å²) in [6.45, 7) is 4.94. The van der Waals surface area contributed by atoms with Crippen molar-refractivity contribution in [3.05, 3.63) is 23.6 Å². The zero-order chi connectivity index (χ0) is 7.02. The van der Waals surface area contributed by atoms with Crippen LogP contribution in [0.2, 0.25) is 0 Å². The van der Waals surface area contributed by atoms with Gasteiger partial charge in [-0.15, -0.1) is 0 Å². The topological polar surface area (TPSA) is 49.3 Å². The fourth-order valence-corrected chi connectivity index (χ4v) is 0.624. The summed E-state index contributed by atoms with van der Waals surface area (Å²) in [6.07, 6.45) is 0. The van der Waals surface area contributed by atoms with Gasteiger partial charge in [0.05, 0.1) is 11.3 Å². The van der Waals surface area contributed by atoms with Crippen molar-refractivity contribution in [2.45, 2.75) is 6.92 Å². The molecule has 0 saturated heterocycles. The van der Waals surface area contributed by atoms with Crippen molar-refractivity contribution in [2.24, 2.45) is 0 Å². The van der Waals surface area contributed by atoms with Gasteiger partial charge in [-0.3, -0.25) is 4.79 Å². The number of amides is 1. The Morgan fingerprint density at radius 3 is 2.33 bits per heavy atom. The van der Waals surface area contributed by atoms with Crippen LogP contribution in [0.5, 0.6) is 0 Å². The second kappa shape index (κ2) is 1.62. The Morgan fingerprint density at radius 1 is 1.67 bits per heavy atom. The summed E-state index contributed by atoms with van der Waals surface area (Å²) in [6, 6.07) is 0. The molecule has 3 nitrogen and oxygen atoms in total. The molecular weight excluding hydrogens is 118 g/mol. The summed E-state index contributed by atoms with van der Waals surface area (Å²) in [5.41, 5.74) is 0.623. The standard InChI is InChI=1S/C6H7NO2/c1-3-5(8)4(2)7-6(3)9/h8H,2H2,1H3,(H,7,9). The molecule has 9 heavy (non-hydrogen) atoms. The van der Waals surface area contributed by atoms with E-state index in [4.69, 9.17) is 5.11 Å². The van der Waals surface area contributed by atoms with Gasteiger partial charge in [0.15, 0.2) is 0 Å². The Morgan fingerprint density at radius 2 is 2.22 bits per heavy atom. The number of hydrogen-bond donors (Lipinski definition) is 2. The first-order valence-electron chi connectivity index (χ1n) is 2.53. The number of hydrogen-bond acceptors (Lipinski definition) is 2. The van der Waals surface area contributed by atoms with Crippen LogP contribution < -0.4 is 5.32 Å². The van der Waals surface area contributed by atoms with E-state index in [9.17, 15) is 4.79 Å². The van der Waals surface area contributed by atoms with Gasteiger partial charge in [-0.05, 0) is 6.92 Å². The molecule has 3 heteroatoms. The normalized spacial score (nSPS) is 18.8. The highest BCUT2D eigenvalue weighted by atomic mass is 16.3. The summed E-state index contributed by atoms with van der Waals surface area (Å²) in [4.78, 5) is 10.6. The number of aliphatic hydroxyl groups excluding tert-OH is 1. The summed E-state index contributed by atoms with van der Waals surface area (Å²) in [5, 5.41) is 11.3. The van der Waals surface area contributed by atoms with E-state index >= 15 is 0 Å². The quantitative estimate of drug-likeness (QED) is 0.494. The molecule has 0 bridgehead atoms. The lowest BCUT2D eigenvalue weighted by molar-refractivity contribution is -0.116. The molecule has 0 spiro atoms. The largest absolute Gasteiger partial charge is 0.505 e. The van der Waals surface area contributed by atoms with E-state index in [-0.39, 0.29) is 17.4 Å². The minimum atomic E-state index is -0.266. The maximum absolute atomic E-state index is 10.6. The molecule has 1 aliphatic heterocycles. The molecule has 0 atom stereocenters. The number of carbonyl (C=O) groups is 1. The van der Waals surface area contributed by atoms with E-state index < -0.39 is 0 Å². The van der Waals surface area contributed by atoms with Gasteiger partial charge in [0, 0.05) is 0 Å². The Bertz CT molecular complexity index is 193. The number of rotatable bonds is 0. The third-order valence-electron chi connectivity index (χ3n) is 1.25. The molecule has 1 amide bonds. The molecule has 1 rings (SSSR count). The Balaban J connectivity index is 3.06. The molecule has 1 heterocycles. The second-order valence-electron chi connectivity index (χ2n) is 1.91. The number of aliphatic hydroxyl groups is 1.